The molecule has 0 aliphatic carbocycles. The van der Waals surface area contributed by atoms with Crippen LogP contribution < -0.4 is 9.62 Å². The van der Waals surface area contributed by atoms with Crippen LogP contribution in [-0.2, 0) is 20.2 Å². The van der Waals surface area contributed by atoms with Crippen molar-refractivity contribution in [2.24, 2.45) is 0 Å². The summed E-state index contributed by atoms with van der Waals surface area (Å²) in [6, 6.07) is 7.92. The first kappa shape index (κ1) is 17.0. The van der Waals surface area contributed by atoms with Gasteiger partial charge in [-0.05, 0) is 31.4 Å². The van der Waals surface area contributed by atoms with Crippen LogP contribution in [0.15, 0.2) is 24.3 Å². The van der Waals surface area contributed by atoms with E-state index < -0.39 is 10.0 Å². The molecular formula is C16H24N2O3S. The number of carbonyl (C=O) groups is 1. The number of para-hydroxylation sites is 1. The first-order valence-electron chi connectivity index (χ1n) is 7.76. The average Bonchev–Trinajstić information content (AvgIpc) is 2.88. The predicted molar refractivity (Wildman–Crippen MR) is 88.5 cm³/mol. The molecule has 1 heterocycles. The molecule has 1 aromatic carbocycles. The van der Waals surface area contributed by atoms with E-state index in [4.69, 9.17) is 0 Å². The molecule has 1 amide bonds. The second-order valence-corrected chi connectivity index (χ2v) is 7.80. The van der Waals surface area contributed by atoms with Crippen LogP contribution in [0.3, 0.4) is 0 Å². The molecule has 0 fully saturated rings. The lowest BCUT2D eigenvalue weighted by Crippen LogP contribution is -2.42. The number of nitrogens with zero attached hydrogens (tertiary/aromatic N) is 1. The highest BCUT2D eigenvalue weighted by Gasteiger charge is 2.41. The molecule has 0 saturated carbocycles. The number of hydrogen-bond donors (Lipinski definition) is 1. The van der Waals surface area contributed by atoms with Gasteiger partial charge in [-0.15, -0.1) is 0 Å². The number of sulfonamides is 1. The molecule has 0 saturated heterocycles. The normalized spacial score (nSPS) is 16.6. The summed E-state index contributed by atoms with van der Waals surface area (Å²) < 4.78 is 25.4. The molecule has 2 rings (SSSR count). The minimum atomic E-state index is -3.36. The number of anilines is 1. The number of amides is 1. The van der Waals surface area contributed by atoms with Crippen LogP contribution in [0, 0.1) is 0 Å². The van der Waals surface area contributed by atoms with Crippen molar-refractivity contribution in [1.29, 1.82) is 0 Å². The highest BCUT2D eigenvalue weighted by Crippen LogP contribution is 2.44. The number of hydrogen-bond acceptors (Lipinski definition) is 3. The van der Waals surface area contributed by atoms with E-state index in [1.807, 2.05) is 18.2 Å². The zero-order valence-electron chi connectivity index (χ0n) is 13.4. The molecule has 0 atom stereocenters. The molecule has 1 aliphatic rings. The number of benzene rings is 1. The Bertz CT molecular complexity index is 651. The quantitative estimate of drug-likeness (QED) is 0.870. The van der Waals surface area contributed by atoms with Gasteiger partial charge in [-0.25, -0.2) is 13.1 Å². The van der Waals surface area contributed by atoms with Gasteiger partial charge in [-0.3, -0.25) is 4.79 Å². The van der Waals surface area contributed by atoms with E-state index in [-0.39, 0.29) is 23.6 Å². The van der Waals surface area contributed by atoms with E-state index in [1.165, 1.54) is 5.56 Å². The molecule has 5 nitrogen and oxygen atoms in total. The molecule has 22 heavy (non-hydrogen) atoms. The fourth-order valence-electron chi connectivity index (χ4n) is 3.08. The van der Waals surface area contributed by atoms with Crippen molar-refractivity contribution >= 4 is 21.6 Å². The van der Waals surface area contributed by atoms with Crippen LogP contribution in [-0.4, -0.2) is 33.2 Å². The summed E-state index contributed by atoms with van der Waals surface area (Å²) >= 11 is 0. The number of fused-ring (bicyclic) bond motifs is 1. The maximum Gasteiger partial charge on any atom is 0.242 e. The number of rotatable bonds is 6. The van der Waals surface area contributed by atoms with Crippen molar-refractivity contribution < 1.29 is 13.2 Å². The molecule has 0 aromatic heterocycles. The second-order valence-electron chi connectivity index (χ2n) is 5.71. The summed E-state index contributed by atoms with van der Waals surface area (Å²) in [6.45, 7) is 6.25. The number of nitrogens with one attached hydrogen (secondary N) is 1. The Balaban J connectivity index is 2.25. The van der Waals surface area contributed by atoms with Gasteiger partial charge in [0.25, 0.3) is 0 Å². The Hall–Kier alpha value is -1.40. The average molecular weight is 324 g/mol. The van der Waals surface area contributed by atoms with Crippen molar-refractivity contribution in [1.82, 2.24) is 4.72 Å². The second kappa shape index (κ2) is 6.38. The molecule has 0 radical (unpaired) electrons. The van der Waals surface area contributed by atoms with Crippen molar-refractivity contribution in [2.45, 2.75) is 39.0 Å². The molecule has 6 heteroatoms. The maximum absolute atomic E-state index is 12.5. The molecule has 0 spiro atoms. The Kier molecular flexibility index (Phi) is 4.92. The van der Waals surface area contributed by atoms with Gasteiger partial charge in [0.15, 0.2) is 0 Å². The van der Waals surface area contributed by atoms with Gasteiger partial charge in [-0.2, -0.15) is 0 Å². The Labute approximate surface area is 132 Å². The fraction of sp³-hybridized carbons (Fsp3) is 0.562. The maximum atomic E-state index is 12.5. The standard InChI is InChI=1S/C16H24N2O3S/c1-4-16(5-2)12-18(14-10-8-7-9-13(14)16)15(19)11-17-22(20,21)6-3/h7-10,17H,4-6,11-12H2,1-3H3. The largest absolute Gasteiger partial charge is 0.310 e. The summed E-state index contributed by atoms with van der Waals surface area (Å²) in [5, 5.41) is 0. The van der Waals surface area contributed by atoms with E-state index in [0.29, 0.717) is 6.54 Å². The molecule has 1 aliphatic heterocycles. The fourth-order valence-corrected chi connectivity index (χ4v) is 3.62. The molecule has 1 aromatic rings. The molecule has 1 N–H and O–H groups in total. The minimum Gasteiger partial charge on any atom is -0.310 e. The first-order chi connectivity index (χ1) is 10.4. The Morgan fingerprint density at radius 3 is 2.45 bits per heavy atom. The Morgan fingerprint density at radius 2 is 1.86 bits per heavy atom. The lowest BCUT2D eigenvalue weighted by molar-refractivity contribution is -0.117. The summed E-state index contributed by atoms with van der Waals surface area (Å²) in [5.74, 6) is -0.224. The van der Waals surface area contributed by atoms with Crippen LogP contribution in [0.25, 0.3) is 0 Å². The molecule has 0 bridgehead atoms. The molecule has 122 valence electrons. The van der Waals surface area contributed by atoms with E-state index in [0.717, 1.165) is 18.5 Å². The third-order valence-electron chi connectivity index (χ3n) is 4.70. The van der Waals surface area contributed by atoms with E-state index in [9.17, 15) is 13.2 Å². The highest BCUT2D eigenvalue weighted by molar-refractivity contribution is 7.89. The Morgan fingerprint density at radius 1 is 1.23 bits per heavy atom. The zero-order valence-corrected chi connectivity index (χ0v) is 14.2. The van der Waals surface area contributed by atoms with Gasteiger partial charge >= 0.3 is 0 Å². The van der Waals surface area contributed by atoms with Crippen molar-refractivity contribution in [3.63, 3.8) is 0 Å². The van der Waals surface area contributed by atoms with Crippen LogP contribution in [0.4, 0.5) is 5.69 Å². The number of carbonyl (C=O) groups excluding carboxylic acids is 1. The molecular weight excluding hydrogens is 300 g/mol. The third-order valence-corrected chi connectivity index (χ3v) is 6.05. The van der Waals surface area contributed by atoms with E-state index >= 15 is 0 Å². The van der Waals surface area contributed by atoms with Gasteiger partial charge in [0, 0.05) is 17.6 Å². The smallest absolute Gasteiger partial charge is 0.242 e. The van der Waals surface area contributed by atoms with E-state index in [2.05, 4.69) is 24.6 Å². The highest BCUT2D eigenvalue weighted by atomic mass is 32.2. The van der Waals surface area contributed by atoms with E-state index in [1.54, 1.807) is 11.8 Å². The topological polar surface area (TPSA) is 66.5 Å². The monoisotopic (exact) mass is 324 g/mol. The predicted octanol–water partition coefficient (Wildman–Crippen LogP) is 2.03. The third kappa shape index (κ3) is 3.03. The lowest BCUT2D eigenvalue weighted by atomic mass is 9.78. The van der Waals surface area contributed by atoms with Crippen molar-refractivity contribution in [3.8, 4) is 0 Å². The van der Waals surface area contributed by atoms with Crippen LogP contribution in [0.5, 0.6) is 0 Å². The van der Waals surface area contributed by atoms with Gasteiger partial charge < -0.3 is 4.90 Å². The van der Waals surface area contributed by atoms with Crippen LogP contribution >= 0.6 is 0 Å². The first-order valence-corrected chi connectivity index (χ1v) is 9.41. The summed E-state index contributed by atoms with van der Waals surface area (Å²) in [6.07, 6.45) is 1.90. The summed E-state index contributed by atoms with van der Waals surface area (Å²) in [7, 11) is -3.36. The zero-order chi connectivity index (χ0) is 16.4. The minimum absolute atomic E-state index is 0.0231. The van der Waals surface area contributed by atoms with Gasteiger partial charge in [0.05, 0.1) is 12.3 Å². The van der Waals surface area contributed by atoms with Crippen LogP contribution in [0.1, 0.15) is 39.2 Å². The van der Waals surface area contributed by atoms with Gasteiger partial charge in [0.1, 0.15) is 0 Å². The summed E-state index contributed by atoms with van der Waals surface area (Å²) in [4.78, 5) is 14.2. The summed E-state index contributed by atoms with van der Waals surface area (Å²) in [5.41, 5.74) is 2.06. The SMILES string of the molecule is CCC1(CC)CN(C(=O)CNS(=O)(=O)CC)c2ccccc21. The molecule has 0 unspecified atom stereocenters. The van der Waals surface area contributed by atoms with Crippen LogP contribution in [0.2, 0.25) is 0 Å². The van der Waals surface area contributed by atoms with Gasteiger partial charge in [0.2, 0.25) is 15.9 Å². The van der Waals surface area contributed by atoms with Crippen molar-refractivity contribution in [2.75, 3.05) is 23.7 Å². The van der Waals surface area contributed by atoms with Gasteiger partial charge in [-0.1, -0.05) is 32.0 Å². The lowest BCUT2D eigenvalue weighted by Gasteiger charge is -2.27. The van der Waals surface area contributed by atoms with Crippen molar-refractivity contribution in [3.05, 3.63) is 29.8 Å².